The average Bonchev–Trinajstić information content (AvgIpc) is 3.24. The molecule has 4 rings (SSSR count). The number of rotatable bonds is 3. The average molecular weight is 336 g/mol. The fourth-order valence-electron chi connectivity index (χ4n) is 3.24. The number of aromatic nitrogens is 2. The van der Waals surface area contributed by atoms with Crippen LogP contribution < -0.4 is 0 Å². The molecule has 3 heterocycles. The molecule has 4 nitrogen and oxygen atoms in total. The molecule has 1 aliphatic heterocycles. The van der Waals surface area contributed by atoms with Gasteiger partial charge in [-0.1, -0.05) is 36.4 Å². The number of benzene rings is 1. The van der Waals surface area contributed by atoms with Crippen LogP contribution in [0.2, 0.25) is 0 Å². The van der Waals surface area contributed by atoms with Gasteiger partial charge < -0.3 is 4.90 Å². The van der Waals surface area contributed by atoms with Crippen LogP contribution in [0.15, 0.2) is 59.0 Å². The van der Waals surface area contributed by atoms with Crippen molar-refractivity contribution in [2.75, 3.05) is 7.05 Å². The molecule has 0 aliphatic carbocycles. The monoisotopic (exact) mass is 336 g/mol. The number of fused-ring (bicyclic) bond motifs is 1. The van der Waals surface area contributed by atoms with Crippen LogP contribution in [-0.4, -0.2) is 27.6 Å². The molecule has 0 bridgehead atoms. The third kappa shape index (κ3) is 2.36. The van der Waals surface area contributed by atoms with Crippen LogP contribution in [-0.2, 0) is 0 Å². The Kier molecular flexibility index (Phi) is 3.73. The summed E-state index contributed by atoms with van der Waals surface area (Å²) in [7, 11) is 2.12. The van der Waals surface area contributed by atoms with E-state index in [0.29, 0.717) is 0 Å². The van der Waals surface area contributed by atoms with Gasteiger partial charge in [0.1, 0.15) is 5.84 Å². The molecule has 1 atom stereocenters. The van der Waals surface area contributed by atoms with Crippen molar-refractivity contribution >= 4 is 23.0 Å². The second-order valence-electron chi connectivity index (χ2n) is 6.30. The maximum atomic E-state index is 4.98. The van der Waals surface area contributed by atoms with Crippen molar-refractivity contribution in [1.82, 2.24) is 14.7 Å². The Morgan fingerprint density at radius 3 is 2.54 bits per heavy atom. The first-order chi connectivity index (χ1) is 11.7. The van der Waals surface area contributed by atoms with Crippen molar-refractivity contribution in [2.45, 2.75) is 25.9 Å². The van der Waals surface area contributed by atoms with Crippen molar-refractivity contribution in [1.29, 1.82) is 0 Å². The van der Waals surface area contributed by atoms with E-state index in [9.17, 15) is 0 Å². The normalized spacial score (nSPS) is 17.1. The predicted molar refractivity (Wildman–Crippen MR) is 99.2 cm³/mol. The van der Waals surface area contributed by atoms with Gasteiger partial charge >= 0.3 is 0 Å². The third-order valence-electron chi connectivity index (χ3n) is 4.37. The quantitative estimate of drug-likeness (QED) is 0.698. The minimum absolute atomic E-state index is 0.128. The minimum atomic E-state index is 0.128. The summed E-state index contributed by atoms with van der Waals surface area (Å²) in [6.45, 7) is 4.28. The number of nitrogens with zero attached hydrogens (tertiary/aromatic N) is 4. The van der Waals surface area contributed by atoms with Crippen LogP contribution >= 0.6 is 11.3 Å². The second kappa shape index (κ2) is 5.91. The van der Waals surface area contributed by atoms with E-state index in [4.69, 9.17) is 4.99 Å². The zero-order chi connectivity index (χ0) is 16.7. The van der Waals surface area contributed by atoms with E-state index in [1.807, 2.05) is 10.9 Å². The highest BCUT2D eigenvalue weighted by Gasteiger charge is 2.32. The Morgan fingerprint density at radius 1 is 1.08 bits per heavy atom. The van der Waals surface area contributed by atoms with Gasteiger partial charge in [-0.15, -0.1) is 11.3 Å². The largest absolute Gasteiger partial charge is 0.347 e. The van der Waals surface area contributed by atoms with E-state index in [1.165, 1.54) is 10.4 Å². The first-order valence-electron chi connectivity index (χ1n) is 8.14. The van der Waals surface area contributed by atoms with Crippen LogP contribution in [0.4, 0.5) is 5.82 Å². The van der Waals surface area contributed by atoms with Crippen molar-refractivity contribution < 1.29 is 0 Å². The van der Waals surface area contributed by atoms with E-state index in [-0.39, 0.29) is 12.1 Å². The van der Waals surface area contributed by atoms with Gasteiger partial charge in [-0.3, -0.25) is 0 Å². The maximum Gasteiger partial charge on any atom is 0.158 e. The van der Waals surface area contributed by atoms with E-state index in [2.05, 4.69) is 78.7 Å². The van der Waals surface area contributed by atoms with E-state index < -0.39 is 0 Å². The SMILES string of the molecule is CC(C)n1ncc2c1N=C(c1cccs1)N(C)C2c1ccccc1. The van der Waals surface area contributed by atoms with Crippen LogP contribution in [0, 0.1) is 0 Å². The number of hydrogen-bond donors (Lipinski definition) is 0. The highest BCUT2D eigenvalue weighted by atomic mass is 32.1. The molecule has 0 spiro atoms. The summed E-state index contributed by atoms with van der Waals surface area (Å²) in [5.74, 6) is 1.98. The smallest absolute Gasteiger partial charge is 0.158 e. The summed E-state index contributed by atoms with van der Waals surface area (Å²) < 4.78 is 2.02. The van der Waals surface area contributed by atoms with E-state index >= 15 is 0 Å². The van der Waals surface area contributed by atoms with Gasteiger partial charge in [-0.05, 0) is 30.9 Å². The molecule has 24 heavy (non-hydrogen) atoms. The number of amidine groups is 1. The van der Waals surface area contributed by atoms with Crippen molar-refractivity contribution in [2.24, 2.45) is 4.99 Å². The predicted octanol–water partition coefficient (Wildman–Crippen LogP) is 4.64. The number of aliphatic imine (C=N–C) groups is 1. The topological polar surface area (TPSA) is 33.4 Å². The Hall–Kier alpha value is -2.40. The van der Waals surface area contributed by atoms with Gasteiger partial charge in [0.05, 0.1) is 17.1 Å². The summed E-state index contributed by atoms with van der Waals surface area (Å²) >= 11 is 1.72. The molecule has 1 aromatic carbocycles. The highest BCUT2D eigenvalue weighted by molar-refractivity contribution is 7.12. The van der Waals surface area contributed by atoms with Crippen molar-refractivity contribution in [3.63, 3.8) is 0 Å². The second-order valence-corrected chi connectivity index (χ2v) is 7.25. The summed E-state index contributed by atoms with van der Waals surface area (Å²) in [6, 6.07) is 15.2. The van der Waals surface area contributed by atoms with Gasteiger partial charge in [0.2, 0.25) is 0 Å². The summed E-state index contributed by atoms with van der Waals surface area (Å²) in [6.07, 6.45) is 1.97. The lowest BCUT2D eigenvalue weighted by Crippen LogP contribution is -2.34. The molecule has 0 saturated carbocycles. The maximum absolute atomic E-state index is 4.98. The molecular formula is C19H20N4S. The molecule has 2 aromatic heterocycles. The fraction of sp³-hybridized carbons (Fsp3) is 0.263. The third-order valence-corrected chi connectivity index (χ3v) is 5.24. The molecule has 0 N–H and O–H groups in total. The standard InChI is InChI=1S/C19H20N4S/c1-13(2)23-18-15(12-20-23)17(14-8-5-4-6-9-14)22(3)19(21-18)16-10-7-11-24-16/h4-13,17H,1-3H3. The molecule has 122 valence electrons. The minimum Gasteiger partial charge on any atom is -0.347 e. The first kappa shape index (κ1) is 15.1. The molecule has 3 aromatic rings. The van der Waals surface area contributed by atoms with Crippen molar-refractivity contribution in [3.05, 3.63) is 70.0 Å². The fourth-order valence-corrected chi connectivity index (χ4v) is 3.99. The molecular weight excluding hydrogens is 316 g/mol. The first-order valence-corrected chi connectivity index (χ1v) is 9.02. The molecule has 0 amide bonds. The van der Waals surface area contributed by atoms with Crippen molar-refractivity contribution in [3.8, 4) is 0 Å². The van der Waals surface area contributed by atoms with Crippen LogP contribution in [0.25, 0.3) is 0 Å². The molecule has 1 unspecified atom stereocenters. The summed E-state index contributed by atoms with van der Waals surface area (Å²) in [4.78, 5) is 8.42. The molecule has 0 radical (unpaired) electrons. The molecule has 1 aliphatic rings. The molecule has 0 saturated heterocycles. The summed E-state index contributed by atoms with van der Waals surface area (Å²) in [5.41, 5.74) is 2.42. The lowest BCUT2D eigenvalue weighted by atomic mass is 9.97. The van der Waals surface area contributed by atoms with Crippen LogP contribution in [0.5, 0.6) is 0 Å². The number of thiophene rings is 1. The lowest BCUT2D eigenvalue weighted by molar-refractivity contribution is 0.420. The highest BCUT2D eigenvalue weighted by Crippen LogP contribution is 2.40. The Morgan fingerprint density at radius 2 is 1.88 bits per heavy atom. The lowest BCUT2D eigenvalue weighted by Gasteiger charge is -2.34. The van der Waals surface area contributed by atoms with E-state index in [0.717, 1.165) is 17.2 Å². The molecule has 0 fully saturated rings. The van der Waals surface area contributed by atoms with Gasteiger partial charge in [0, 0.05) is 18.7 Å². The Labute approximate surface area is 146 Å². The van der Waals surface area contributed by atoms with Crippen LogP contribution in [0.1, 0.15) is 41.9 Å². The van der Waals surface area contributed by atoms with Crippen LogP contribution in [0.3, 0.4) is 0 Å². The van der Waals surface area contributed by atoms with Gasteiger partial charge in [-0.2, -0.15) is 5.10 Å². The zero-order valence-electron chi connectivity index (χ0n) is 14.0. The summed E-state index contributed by atoms with van der Waals surface area (Å²) in [5, 5.41) is 6.71. The van der Waals surface area contributed by atoms with Gasteiger partial charge in [0.15, 0.2) is 5.82 Å². The molecule has 5 heteroatoms. The zero-order valence-corrected chi connectivity index (χ0v) is 14.9. The van der Waals surface area contributed by atoms with Gasteiger partial charge in [0.25, 0.3) is 0 Å². The Balaban J connectivity index is 1.92. The Bertz CT molecular complexity index is 862. The number of hydrogen-bond acceptors (Lipinski definition) is 4. The van der Waals surface area contributed by atoms with E-state index in [1.54, 1.807) is 11.3 Å². The van der Waals surface area contributed by atoms with Gasteiger partial charge in [-0.25, -0.2) is 9.67 Å².